The van der Waals surface area contributed by atoms with E-state index in [4.69, 9.17) is 5.26 Å². The summed E-state index contributed by atoms with van der Waals surface area (Å²) in [6.07, 6.45) is 3.17. The molecule has 14 heavy (non-hydrogen) atoms. The van der Waals surface area contributed by atoms with Gasteiger partial charge < -0.3 is 10.2 Å². The zero-order valence-electron chi connectivity index (χ0n) is 9.51. The van der Waals surface area contributed by atoms with Gasteiger partial charge >= 0.3 is 0 Å². The number of hydrogen-bond acceptors (Lipinski definition) is 3. The van der Waals surface area contributed by atoms with Crippen LogP contribution in [0.25, 0.3) is 0 Å². The Kier molecular flexibility index (Phi) is 3.91. The fourth-order valence-corrected chi connectivity index (χ4v) is 1.76. The molecule has 3 nitrogen and oxygen atoms in total. The maximum Gasteiger partial charge on any atom is 0.0628 e. The molecule has 1 fully saturated rings. The molecule has 80 valence electrons. The molecule has 0 radical (unpaired) electrons. The number of rotatable bonds is 6. The molecule has 0 aromatic rings. The van der Waals surface area contributed by atoms with Crippen LogP contribution in [0.4, 0.5) is 0 Å². The highest BCUT2D eigenvalue weighted by Gasteiger charge is 2.42. The number of nitriles is 1. The number of likely N-dealkylation sites (N-methyl/N-ethyl adjacent to an activating group) is 1. The summed E-state index contributed by atoms with van der Waals surface area (Å²) >= 11 is 0. The summed E-state index contributed by atoms with van der Waals surface area (Å²) < 4.78 is 0. The molecule has 1 saturated carbocycles. The number of hydrogen-bond donors (Lipinski definition) is 1. The van der Waals surface area contributed by atoms with Crippen LogP contribution in [-0.4, -0.2) is 38.1 Å². The van der Waals surface area contributed by atoms with Crippen molar-refractivity contribution in [2.24, 2.45) is 5.41 Å². The van der Waals surface area contributed by atoms with E-state index in [1.807, 2.05) is 0 Å². The van der Waals surface area contributed by atoms with Gasteiger partial charge in [0.2, 0.25) is 0 Å². The van der Waals surface area contributed by atoms with Crippen molar-refractivity contribution in [3.63, 3.8) is 0 Å². The highest BCUT2D eigenvalue weighted by atomic mass is 15.1. The highest BCUT2D eigenvalue weighted by molar-refractivity contribution is 5.00. The predicted octanol–water partition coefficient (Wildman–Crippen LogP) is 1.22. The van der Waals surface area contributed by atoms with E-state index in [0.29, 0.717) is 17.9 Å². The highest BCUT2D eigenvalue weighted by Crippen LogP contribution is 2.47. The summed E-state index contributed by atoms with van der Waals surface area (Å²) in [4.78, 5) is 2.18. The predicted molar refractivity (Wildman–Crippen MR) is 57.9 cm³/mol. The Bertz CT molecular complexity index is 213. The van der Waals surface area contributed by atoms with Crippen LogP contribution in [0, 0.1) is 16.7 Å². The quantitative estimate of drug-likeness (QED) is 0.692. The molecule has 0 aromatic carbocycles. The first-order chi connectivity index (χ1) is 6.58. The maximum absolute atomic E-state index is 8.67. The molecule has 0 saturated heterocycles. The molecule has 3 heteroatoms. The zero-order valence-corrected chi connectivity index (χ0v) is 9.51. The Morgan fingerprint density at radius 1 is 1.50 bits per heavy atom. The van der Waals surface area contributed by atoms with E-state index in [1.165, 1.54) is 12.8 Å². The van der Waals surface area contributed by atoms with Crippen molar-refractivity contribution in [1.82, 2.24) is 10.2 Å². The van der Waals surface area contributed by atoms with E-state index < -0.39 is 0 Å². The average Bonchev–Trinajstić information content (AvgIpc) is 2.82. The van der Waals surface area contributed by atoms with Gasteiger partial charge in [-0.05, 0) is 39.3 Å². The molecule has 1 unspecified atom stereocenters. The van der Waals surface area contributed by atoms with Crippen molar-refractivity contribution < 1.29 is 0 Å². The van der Waals surface area contributed by atoms with Gasteiger partial charge in [0.25, 0.3) is 0 Å². The van der Waals surface area contributed by atoms with Gasteiger partial charge in [-0.15, -0.1) is 0 Å². The van der Waals surface area contributed by atoms with Gasteiger partial charge in [0.1, 0.15) is 0 Å². The van der Waals surface area contributed by atoms with Gasteiger partial charge in [-0.3, -0.25) is 0 Å². The Morgan fingerprint density at radius 3 is 2.57 bits per heavy atom. The second kappa shape index (κ2) is 4.77. The summed E-state index contributed by atoms with van der Waals surface area (Å²) in [5.74, 6) is 0. The minimum atomic E-state index is 0.329. The second-order valence-corrected chi connectivity index (χ2v) is 4.88. The van der Waals surface area contributed by atoms with E-state index in [0.717, 1.165) is 13.1 Å². The second-order valence-electron chi connectivity index (χ2n) is 4.88. The van der Waals surface area contributed by atoms with Gasteiger partial charge in [0, 0.05) is 25.6 Å². The summed E-state index contributed by atoms with van der Waals surface area (Å²) in [6.45, 7) is 4.26. The standard InChI is InChI=1S/C11H21N3/c1-10(8-14(2)3)13-9-11(4-5-11)6-7-12/h10,13H,4-6,8-9H2,1-3H3. The lowest BCUT2D eigenvalue weighted by molar-refractivity contribution is 0.330. The van der Waals surface area contributed by atoms with E-state index in [2.05, 4.69) is 37.3 Å². The fourth-order valence-electron chi connectivity index (χ4n) is 1.76. The van der Waals surface area contributed by atoms with Crippen molar-refractivity contribution in [3.8, 4) is 6.07 Å². The first kappa shape index (κ1) is 11.5. The molecule has 1 atom stereocenters. The summed E-state index contributed by atoms with van der Waals surface area (Å²) in [5, 5.41) is 12.2. The van der Waals surface area contributed by atoms with E-state index in [-0.39, 0.29) is 0 Å². The largest absolute Gasteiger partial charge is 0.312 e. The molecule has 0 amide bonds. The van der Waals surface area contributed by atoms with Crippen LogP contribution in [0.15, 0.2) is 0 Å². The smallest absolute Gasteiger partial charge is 0.0628 e. The van der Waals surface area contributed by atoms with Crippen molar-refractivity contribution in [2.45, 2.75) is 32.2 Å². The Balaban J connectivity index is 2.17. The van der Waals surface area contributed by atoms with Crippen LogP contribution in [-0.2, 0) is 0 Å². The SMILES string of the molecule is CC(CN(C)C)NCC1(CC#N)CC1. The third-order valence-electron chi connectivity index (χ3n) is 2.88. The summed E-state index contributed by atoms with van der Waals surface area (Å²) in [7, 11) is 4.17. The lowest BCUT2D eigenvalue weighted by Crippen LogP contribution is -2.38. The van der Waals surface area contributed by atoms with Gasteiger partial charge in [-0.1, -0.05) is 0 Å². The van der Waals surface area contributed by atoms with Crippen LogP contribution in [0.2, 0.25) is 0 Å². The van der Waals surface area contributed by atoms with Crippen LogP contribution >= 0.6 is 0 Å². The Labute approximate surface area is 87.1 Å². The normalized spacial score (nSPS) is 20.5. The maximum atomic E-state index is 8.67. The third-order valence-corrected chi connectivity index (χ3v) is 2.88. The first-order valence-electron chi connectivity index (χ1n) is 5.33. The zero-order chi connectivity index (χ0) is 10.6. The average molecular weight is 195 g/mol. The van der Waals surface area contributed by atoms with E-state index in [1.54, 1.807) is 0 Å². The van der Waals surface area contributed by atoms with Gasteiger partial charge in [-0.2, -0.15) is 5.26 Å². The molecule has 1 N–H and O–H groups in total. The molecule has 1 rings (SSSR count). The molecular formula is C11H21N3. The molecule has 1 aliphatic carbocycles. The van der Waals surface area contributed by atoms with Crippen molar-refractivity contribution >= 4 is 0 Å². The molecule has 0 aliphatic heterocycles. The number of nitrogens with one attached hydrogen (secondary N) is 1. The Morgan fingerprint density at radius 2 is 2.14 bits per heavy atom. The molecule has 0 bridgehead atoms. The third kappa shape index (κ3) is 3.65. The summed E-state index contributed by atoms with van der Waals surface area (Å²) in [5.41, 5.74) is 0.329. The molecule has 0 heterocycles. The van der Waals surface area contributed by atoms with Gasteiger partial charge in [0.05, 0.1) is 6.07 Å². The van der Waals surface area contributed by atoms with Crippen LogP contribution < -0.4 is 5.32 Å². The minimum absolute atomic E-state index is 0.329. The van der Waals surface area contributed by atoms with Gasteiger partial charge in [0.15, 0.2) is 0 Å². The monoisotopic (exact) mass is 195 g/mol. The lowest BCUT2D eigenvalue weighted by Gasteiger charge is -2.21. The topological polar surface area (TPSA) is 39.1 Å². The lowest BCUT2D eigenvalue weighted by atomic mass is 10.0. The van der Waals surface area contributed by atoms with Crippen LogP contribution in [0.1, 0.15) is 26.2 Å². The van der Waals surface area contributed by atoms with E-state index >= 15 is 0 Å². The molecule has 1 aliphatic rings. The molecule has 0 aromatic heterocycles. The number of nitrogens with zero attached hydrogens (tertiary/aromatic N) is 2. The van der Waals surface area contributed by atoms with E-state index in [9.17, 15) is 0 Å². The molecular weight excluding hydrogens is 174 g/mol. The van der Waals surface area contributed by atoms with Gasteiger partial charge in [-0.25, -0.2) is 0 Å². The van der Waals surface area contributed by atoms with Crippen molar-refractivity contribution in [1.29, 1.82) is 5.26 Å². The van der Waals surface area contributed by atoms with Crippen LogP contribution in [0.5, 0.6) is 0 Å². The van der Waals surface area contributed by atoms with Crippen LogP contribution in [0.3, 0.4) is 0 Å². The summed E-state index contributed by atoms with van der Waals surface area (Å²) in [6, 6.07) is 2.80. The fraction of sp³-hybridized carbons (Fsp3) is 0.909. The van der Waals surface area contributed by atoms with Crippen molar-refractivity contribution in [3.05, 3.63) is 0 Å². The Hall–Kier alpha value is -0.590. The minimum Gasteiger partial charge on any atom is -0.312 e. The first-order valence-corrected chi connectivity index (χ1v) is 5.33. The van der Waals surface area contributed by atoms with Crippen molar-refractivity contribution in [2.75, 3.05) is 27.2 Å². The molecule has 0 spiro atoms.